The maximum atomic E-state index is 9.27. The first kappa shape index (κ1) is 10.3. The molecular formula is C13H14O. The largest absolute Gasteiger partial charge is 0.508 e. The average molecular weight is 186 g/mol. The molecule has 1 aromatic rings. The Morgan fingerprint density at radius 2 is 2.14 bits per heavy atom. The molecule has 0 unspecified atom stereocenters. The summed E-state index contributed by atoms with van der Waals surface area (Å²) >= 11 is 0. The normalized spacial score (nSPS) is 11.9. The molecule has 0 aliphatic carbocycles. The Hall–Kier alpha value is -1.76. The van der Waals surface area contributed by atoms with Crippen LogP contribution in [0.5, 0.6) is 5.75 Å². The van der Waals surface area contributed by atoms with Gasteiger partial charge in [-0.3, -0.25) is 0 Å². The summed E-state index contributed by atoms with van der Waals surface area (Å²) in [6.07, 6.45) is 7.50. The molecule has 1 aromatic carbocycles. The van der Waals surface area contributed by atoms with Crippen LogP contribution in [0.1, 0.15) is 12.5 Å². The van der Waals surface area contributed by atoms with Crippen molar-refractivity contribution in [1.29, 1.82) is 0 Å². The molecule has 0 fully saturated rings. The molecule has 0 saturated carbocycles. The van der Waals surface area contributed by atoms with Crippen LogP contribution in [-0.4, -0.2) is 5.11 Å². The highest BCUT2D eigenvalue weighted by Gasteiger charge is 1.94. The van der Waals surface area contributed by atoms with Gasteiger partial charge in [0, 0.05) is 0 Å². The first-order valence-electron chi connectivity index (χ1n) is 4.49. The minimum Gasteiger partial charge on any atom is -0.508 e. The van der Waals surface area contributed by atoms with Crippen molar-refractivity contribution >= 4 is 5.57 Å². The zero-order valence-corrected chi connectivity index (χ0v) is 8.27. The number of allylic oxidation sites excluding steroid dienone is 5. The van der Waals surface area contributed by atoms with Crippen LogP contribution in [0.2, 0.25) is 0 Å². The van der Waals surface area contributed by atoms with E-state index < -0.39 is 0 Å². The van der Waals surface area contributed by atoms with Gasteiger partial charge in [-0.15, -0.1) is 0 Å². The lowest BCUT2D eigenvalue weighted by molar-refractivity contribution is 0.475. The SMILES string of the molecule is C=C/C=C\C=C(/C)c1cccc(O)c1. The molecule has 0 aromatic heterocycles. The Kier molecular flexibility index (Phi) is 3.74. The predicted octanol–water partition coefficient (Wildman–Crippen LogP) is 3.54. The summed E-state index contributed by atoms with van der Waals surface area (Å²) in [5.41, 5.74) is 2.14. The summed E-state index contributed by atoms with van der Waals surface area (Å²) in [6, 6.07) is 7.20. The van der Waals surface area contributed by atoms with Gasteiger partial charge in [0.1, 0.15) is 5.75 Å². The van der Waals surface area contributed by atoms with Gasteiger partial charge >= 0.3 is 0 Å². The summed E-state index contributed by atoms with van der Waals surface area (Å²) in [5, 5.41) is 9.27. The number of hydrogen-bond acceptors (Lipinski definition) is 1. The average Bonchev–Trinajstić information content (AvgIpc) is 2.18. The number of phenols is 1. The highest BCUT2D eigenvalue weighted by Crippen LogP contribution is 2.18. The minimum absolute atomic E-state index is 0.294. The van der Waals surface area contributed by atoms with Gasteiger partial charge < -0.3 is 5.11 Å². The quantitative estimate of drug-likeness (QED) is 0.716. The topological polar surface area (TPSA) is 20.2 Å². The second kappa shape index (κ2) is 5.07. The maximum Gasteiger partial charge on any atom is 0.116 e. The van der Waals surface area contributed by atoms with E-state index in [1.165, 1.54) is 0 Å². The first-order chi connectivity index (χ1) is 6.74. The van der Waals surface area contributed by atoms with Crippen LogP contribution in [0, 0.1) is 0 Å². The Morgan fingerprint density at radius 1 is 1.36 bits per heavy atom. The predicted molar refractivity (Wildman–Crippen MR) is 61.1 cm³/mol. The van der Waals surface area contributed by atoms with E-state index in [4.69, 9.17) is 0 Å². The zero-order chi connectivity index (χ0) is 10.4. The summed E-state index contributed by atoms with van der Waals surface area (Å²) < 4.78 is 0. The third-order valence-electron chi connectivity index (χ3n) is 1.89. The summed E-state index contributed by atoms with van der Waals surface area (Å²) in [4.78, 5) is 0. The second-order valence-electron chi connectivity index (χ2n) is 3.02. The molecule has 1 N–H and O–H groups in total. The van der Waals surface area contributed by atoms with E-state index in [1.54, 1.807) is 18.2 Å². The van der Waals surface area contributed by atoms with E-state index in [-0.39, 0.29) is 0 Å². The molecule has 0 spiro atoms. The standard InChI is InChI=1S/C13H14O/c1-3-4-5-7-11(2)12-8-6-9-13(14)10-12/h3-10,14H,1H2,2H3/b5-4-,11-7+. The van der Waals surface area contributed by atoms with Crippen molar-refractivity contribution in [2.75, 3.05) is 0 Å². The van der Waals surface area contributed by atoms with E-state index in [2.05, 4.69) is 6.58 Å². The van der Waals surface area contributed by atoms with Crippen molar-refractivity contribution < 1.29 is 5.11 Å². The van der Waals surface area contributed by atoms with Crippen LogP contribution in [0.25, 0.3) is 5.57 Å². The molecular weight excluding hydrogens is 172 g/mol. The van der Waals surface area contributed by atoms with Crippen LogP contribution in [0.15, 0.2) is 55.1 Å². The Bertz CT molecular complexity index is 373. The molecule has 0 saturated heterocycles. The number of phenolic OH excluding ortho intramolecular Hbond substituents is 1. The molecule has 72 valence electrons. The van der Waals surface area contributed by atoms with Gasteiger partial charge in [0.15, 0.2) is 0 Å². The molecule has 0 bridgehead atoms. The number of benzene rings is 1. The van der Waals surface area contributed by atoms with E-state index in [9.17, 15) is 5.11 Å². The van der Waals surface area contributed by atoms with Gasteiger partial charge in [0.2, 0.25) is 0 Å². The molecule has 0 amide bonds. The number of rotatable bonds is 3. The molecule has 0 atom stereocenters. The summed E-state index contributed by atoms with van der Waals surface area (Å²) in [6.45, 7) is 5.59. The molecule has 1 nitrogen and oxygen atoms in total. The minimum atomic E-state index is 0.294. The molecule has 1 rings (SSSR count). The van der Waals surface area contributed by atoms with Crippen LogP contribution in [0.3, 0.4) is 0 Å². The van der Waals surface area contributed by atoms with Crippen LogP contribution >= 0.6 is 0 Å². The molecule has 14 heavy (non-hydrogen) atoms. The molecule has 0 aliphatic heterocycles. The lowest BCUT2D eigenvalue weighted by Gasteiger charge is -2.00. The van der Waals surface area contributed by atoms with Crippen molar-refractivity contribution in [3.8, 4) is 5.75 Å². The van der Waals surface area contributed by atoms with Crippen LogP contribution in [0.4, 0.5) is 0 Å². The van der Waals surface area contributed by atoms with E-state index >= 15 is 0 Å². The molecule has 0 heterocycles. The lowest BCUT2D eigenvalue weighted by atomic mass is 10.1. The fourth-order valence-electron chi connectivity index (χ4n) is 1.13. The van der Waals surface area contributed by atoms with Crippen molar-refractivity contribution in [1.82, 2.24) is 0 Å². The van der Waals surface area contributed by atoms with Crippen molar-refractivity contribution in [3.05, 3.63) is 60.7 Å². The van der Waals surface area contributed by atoms with Gasteiger partial charge in [0.05, 0.1) is 0 Å². The second-order valence-corrected chi connectivity index (χ2v) is 3.02. The number of aromatic hydroxyl groups is 1. The smallest absolute Gasteiger partial charge is 0.116 e. The van der Waals surface area contributed by atoms with E-state index in [0.717, 1.165) is 11.1 Å². The highest BCUT2D eigenvalue weighted by atomic mass is 16.3. The van der Waals surface area contributed by atoms with Gasteiger partial charge in [-0.25, -0.2) is 0 Å². The van der Waals surface area contributed by atoms with Gasteiger partial charge in [-0.05, 0) is 30.2 Å². The zero-order valence-electron chi connectivity index (χ0n) is 8.27. The fourth-order valence-corrected chi connectivity index (χ4v) is 1.13. The van der Waals surface area contributed by atoms with Gasteiger partial charge in [0.25, 0.3) is 0 Å². The Labute approximate surface area is 84.7 Å². The van der Waals surface area contributed by atoms with Gasteiger partial charge in [-0.2, -0.15) is 0 Å². The van der Waals surface area contributed by atoms with E-state index in [0.29, 0.717) is 5.75 Å². The van der Waals surface area contributed by atoms with E-state index in [1.807, 2.05) is 37.3 Å². The summed E-state index contributed by atoms with van der Waals surface area (Å²) in [7, 11) is 0. The molecule has 0 aliphatic rings. The third-order valence-corrected chi connectivity index (χ3v) is 1.89. The fraction of sp³-hybridized carbons (Fsp3) is 0.0769. The monoisotopic (exact) mass is 186 g/mol. The van der Waals surface area contributed by atoms with Crippen molar-refractivity contribution in [2.24, 2.45) is 0 Å². The van der Waals surface area contributed by atoms with Gasteiger partial charge in [-0.1, -0.05) is 43.0 Å². The van der Waals surface area contributed by atoms with Crippen LogP contribution in [-0.2, 0) is 0 Å². The van der Waals surface area contributed by atoms with Crippen molar-refractivity contribution in [3.63, 3.8) is 0 Å². The lowest BCUT2D eigenvalue weighted by Crippen LogP contribution is -1.77. The third kappa shape index (κ3) is 2.94. The Balaban J connectivity index is 2.88. The van der Waals surface area contributed by atoms with Crippen molar-refractivity contribution in [2.45, 2.75) is 6.92 Å². The maximum absolute atomic E-state index is 9.27. The molecule has 1 heteroatoms. The van der Waals surface area contributed by atoms with Crippen LogP contribution < -0.4 is 0 Å². The molecule has 0 radical (unpaired) electrons. The Morgan fingerprint density at radius 3 is 2.79 bits per heavy atom. The number of hydrogen-bond donors (Lipinski definition) is 1. The first-order valence-corrected chi connectivity index (χ1v) is 4.49. The highest BCUT2D eigenvalue weighted by molar-refractivity contribution is 5.66. The summed E-state index contributed by atoms with van der Waals surface area (Å²) in [5.74, 6) is 0.294.